The van der Waals surface area contributed by atoms with Crippen molar-refractivity contribution < 1.29 is 33.8 Å². The van der Waals surface area contributed by atoms with E-state index in [0.717, 1.165) is 4.90 Å². The van der Waals surface area contributed by atoms with Crippen LogP contribution in [0.25, 0.3) is 10.9 Å². The fourth-order valence-electron chi connectivity index (χ4n) is 3.58. The monoisotopic (exact) mass is 534 g/mol. The number of hydrogen-bond donors (Lipinski definition) is 5. The zero-order valence-corrected chi connectivity index (χ0v) is 20.3. The Morgan fingerprint density at radius 1 is 1.24 bits per heavy atom. The molecule has 0 saturated heterocycles. The molecule has 1 atom stereocenters. The minimum absolute atomic E-state index is 0.0925. The van der Waals surface area contributed by atoms with Gasteiger partial charge in [-0.05, 0) is 31.2 Å². The Morgan fingerprint density at radius 2 is 1.97 bits per heavy atom. The van der Waals surface area contributed by atoms with E-state index in [-0.39, 0.29) is 33.9 Å². The molecule has 6 N–H and O–H groups in total. The van der Waals surface area contributed by atoms with Gasteiger partial charge in [0.05, 0.1) is 29.7 Å². The highest BCUT2D eigenvalue weighted by molar-refractivity contribution is 6.30. The van der Waals surface area contributed by atoms with Gasteiger partial charge >= 0.3 is 6.09 Å². The second-order valence-electron chi connectivity index (χ2n) is 8.08. The zero-order valence-electron chi connectivity index (χ0n) is 19.6. The van der Waals surface area contributed by atoms with Crippen molar-refractivity contribution in [1.82, 2.24) is 20.0 Å². The number of fused-ring (bicyclic) bond motifs is 1. The van der Waals surface area contributed by atoms with E-state index in [0.29, 0.717) is 5.52 Å². The Bertz CT molecular complexity index is 1360. The van der Waals surface area contributed by atoms with E-state index >= 15 is 0 Å². The molecule has 0 aliphatic heterocycles. The van der Waals surface area contributed by atoms with Gasteiger partial charge in [-0.15, -0.1) is 0 Å². The van der Waals surface area contributed by atoms with Crippen LogP contribution in [0.15, 0.2) is 36.4 Å². The lowest BCUT2D eigenvalue weighted by Crippen LogP contribution is -2.47. The molecule has 1 heterocycles. The molecule has 3 aromatic rings. The third kappa shape index (κ3) is 6.51. The molecule has 2 aromatic carbocycles. The Kier molecular flexibility index (Phi) is 8.63. The first-order chi connectivity index (χ1) is 17.5. The molecular formula is C23H24ClFN6O6. The molecule has 0 spiro atoms. The van der Waals surface area contributed by atoms with E-state index in [1.54, 1.807) is 0 Å². The summed E-state index contributed by atoms with van der Waals surface area (Å²) in [7, 11) is 0. The van der Waals surface area contributed by atoms with Crippen molar-refractivity contribution in [2.24, 2.45) is 5.73 Å². The van der Waals surface area contributed by atoms with Gasteiger partial charge in [0, 0.05) is 23.2 Å². The van der Waals surface area contributed by atoms with Gasteiger partial charge in [-0.3, -0.25) is 24.4 Å². The van der Waals surface area contributed by atoms with E-state index in [1.807, 2.05) is 0 Å². The van der Waals surface area contributed by atoms with Crippen molar-refractivity contribution in [2.75, 3.05) is 18.5 Å². The van der Waals surface area contributed by atoms with E-state index in [2.05, 4.69) is 15.7 Å². The topological polar surface area (TPSA) is 180 Å². The van der Waals surface area contributed by atoms with Gasteiger partial charge in [0.25, 0.3) is 5.91 Å². The van der Waals surface area contributed by atoms with E-state index in [1.165, 1.54) is 48.0 Å². The van der Waals surface area contributed by atoms with Crippen LogP contribution in [0, 0.1) is 5.82 Å². The van der Waals surface area contributed by atoms with Crippen molar-refractivity contribution in [3.63, 3.8) is 0 Å². The second kappa shape index (κ2) is 11.7. The fraction of sp³-hybridized carbons (Fsp3) is 0.261. The first kappa shape index (κ1) is 27.4. The van der Waals surface area contributed by atoms with Crippen molar-refractivity contribution in [2.45, 2.75) is 26.1 Å². The number of rotatable bonds is 10. The number of nitrogens with zero attached hydrogens (tertiary/aromatic N) is 3. The van der Waals surface area contributed by atoms with E-state index in [4.69, 9.17) is 22.4 Å². The maximum atomic E-state index is 14.1. The van der Waals surface area contributed by atoms with Gasteiger partial charge in [-0.2, -0.15) is 5.10 Å². The molecule has 0 aliphatic carbocycles. The minimum Gasteiger partial charge on any atom is -0.465 e. The fourth-order valence-corrected chi connectivity index (χ4v) is 3.77. The zero-order chi connectivity index (χ0) is 27.3. The number of aliphatic hydroxyl groups excluding tert-OH is 1. The second-order valence-corrected chi connectivity index (χ2v) is 8.48. The predicted octanol–water partition coefficient (Wildman–Crippen LogP) is 1.54. The number of nitrogens with two attached hydrogens (primary N) is 1. The molecule has 0 bridgehead atoms. The van der Waals surface area contributed by atoms with Gasteiger partial charge in [0.15, 0.2) is 5.69 Å². The van der Waals surface area contributed by atoms with Crippen molar-refractivity contribution in [3.05, 3.63) is 58.5 Å². The molecule has 1 unspecified atom stereocenters. The number of carboxylic acid groups (broad SMARTS) is 1. The van der Waals surface area contributed by atoms with Crippen molar-refractivity contribution in [1.29, 1.82) is 0 Å². The molecule has 0 aliphatic rings. The lowest BCUT2D eigenvalue weighted by atomic mass is 10.2. The van der Waals surface area contributed by atoms with Gasteiger partial charge in [0.1, 0.15) is 12.4 Å². The van der Waals surface area contributed by atoms with Gasteiger partial charge in [-0.1, -0.05) is 23.7 Å². The van der Waals surface area contributed by atoms with Crippen molar-refractivity contribution in [3.8, 4) is 0 Å². The standard InChI is InChI=1S/C23H24ClFN6O6/c1-12(11-32)30(9-18(33)27-8-13-3-2-4-16(24)20(13)25)19(34)10-31-17-6-5-14(28-23(36)37)7-15(17)21(29-31)22(26)35/h2-7,12,28,32H,8-11H2,1H3,(H2,26,35)(H,27,33)(H,36,37). The van der Waals surface area contributed by atoms with Crippen LogP contribution in [0.4, 0.5) is 14.9 Å². The van der Waals surface area contributed by atoms with Crippen LogP contribution < -0.4 is 16.4 Å². The predicted molar refractivity (Wildman–Crippen MR) is 131 cm³/mol. The molecule has 0 radical (unpaired) electrons. The van der Waals surface area contributed by atoms with Gasteiger partial charge in [-0.25, -0.2) is 9.18 Å². The van der Waals surface area contributed by atoms with Gasteiger partial charge < -0.3 is 26.2 Å². The Hall–Kier alpha value is -4.23. The number of benzene rings is 2. The number of halogens is 2. The van der Waals surface area contributed by atoms with E-state index in [9.17, 15) is 28.7 Å². The van der Waals surface area contributed by atoms with Crippen LogP contribution in [0.1, 0.15) is 23.0 Å². The number of nitrogens with one attached hydrogen (secondary N) is 2. The largest absolute Gasteiger partial charge is 0.465 e. The highest BCUT2D eigenvalue weighted by Gasteiger charge is 2.25. The number of primary amides is 1. The average molecular weight is 535 g/mol. The minimum atomic E-state index is -1.31. The third-order valence-electron chi connectivity index (χ3n) is 5.46. The van der Waals surface area contributed by atoms with Crippen LogP contribution in [0.3, 0.4) is 0 Å². The SMILES string of the molecule is CC(CO)N(CC(=O)NCc1cccc(Cl)c1F)C(=O)Cn1nc(C(N)=O)c2cc(NC(=O)O)ccc21. The van der Waals surface area contributed by atoms with Gasteiger partial charge in [0.2, 0.25) is 11.8 Å². The summed E-state index contributed by atoms with van der Waals surface area (Å²) < 4.78 is 15.3. The summed E-state index contributed by atoms with van der Waals surface area (Å²) in [5, 5.41) is 27.4. The summed E-state index contributed by atoms with van der Waals surface area (Å²) in [4.78, 5) is 49.7. The first-order valence-electron chi connectivity index (χ1n) is 10.9. The normalized spacial score (nSPS) is 11.7. The molecule has 4 amide bonds. The van der Waals surface area contributed by atoms with Crippen LogP contribution >= 0.6 is 11.6 Å². The number of aromatic nitrogens is 2. The molecule has 1 aromatic heterocycles. The maximum Gasteiger partial charge on any atom is 0.409 e. The number of anilines is 1. The van der Waals surface area contributed by atoms with Crippen molar-refractivity contribution >= 4 is 52.0 Å². The molecule has 0 fully saturated rings. The van der Waals surface area contributed by atoms with Crippen LogP contribution in [0.2, 0.25) is 5.02 Å². The Morgan fingerprint density at radius 3 is 2.62 bits per heavy atom. The lowest BCUT2D eigenvalue weighted by Gasteiger charge is -2.27. The summed E-state index contributed by atoms with van der Waals surface area (Å²) >= 11 is 5.75. The maximum absolute atomic E-state index is 14.1. The molecule has 3 rings (SSSR count). The summed E-state index contributed by atoms with van der Waals surface area (Å²) in [5.41, 5.74) is 5.86. The molecule has 12 nitrogen and oxygen atoms in total. The highest BCUT2D eigenvalue weighted by Crippen LogP contribution is 2.23. The number of aliphatic hydroxyl groups is 1. The summed E-state index contributed by atoms with van der Waals surface area (Å²) in [5.74, 6) is -2.78. The van der Waals surface area contributed by atoms with Crippen LogP contribution in [0.5, 0.6) is 0 Å². The molecule has 14 heteroatoms. The quantitative estimate of drug-likeness (QED) is 0.261. The first-order valence-corrected chi connectivity index (χ1v) is 11.3. The molecule has 196 valence electrons. The third-order valence-corrected chi connectivity index (χ3v) is 5.75. The lowest BCUT2D eigenvalue weighted by molar-refractivity contribution is -0.139. The summed E-state index contributed by atoms with van der Waals surface area (Å²) in [6, 6.07) is 7.83. The molecule has 37 heavy (non-hydrogen) atoms. The molecular weight excluding hydrogens is 511 g/mol. The number of amides is 4. The smallest absolute Gasteiger partial charge is 0.409 e. The number of hydrogen-bond acceptors (Lipinski definition) is 6. The average Bonchev–Trinajstić information content (AvgIpc) is 3.20. The number of carbonyl (C=O) groups excluding carboxylic acids is 3. The van der Waals surface area contributed by atoms with Crippen LogP contribution in [-0.2, 0) is 22.7 Å². The Balaban J connectivity index is 1.80. The summed E-state index contributed by atoms with van der Waals surface area (Å²) in [6.45, 7) is 0.0484. The Labute approximate surface area is 214 Å². The van der Waals surface area contributed by atoms with Crippen LogP contribution in [-0.4, -0.2) is 67.9 Å². The highest BCUT2D eigenvalue weighted by atomic mass is 35.5. The summed E-state index contributed by atoms with van der Waals surface area (Å²) in [6.07, 6.45) is -1.31. The molecule has 0 saturated carbocycles. The number of carbonyl (C=O) groups is 4. The van der Waals surface area contributed by atoms with E-state index < -0.39 is 55.4 Å².